The van der Waals surface area contributed by atoms with E-state index in [1.54, 1.807) is 19.9 Å². The summed E-state index contributed by atoms with van der Waals surface area (Å²) in [5, 5.41) is 0. The maximum absolute atomic E-state index is 13.3. The molecule has 0 unspecified atom stereocenters. The molecular formula is C24H25NO5. The molecule has 1 aliphatic rings. The molecule has 3 rings (SSSR count). The van der Waals surface area contributed by atoms with Crippen LogP contribution in [0.1, 0.15) is 31.4 Å². The van der Waals surface area contributed by atoms with Crippen LogP contribution in [-0.4, -0.2) is 41.5 Å². The third-order valence-electron chi connectivity index (χ3n) is 4.98. The fourth-order valence-electron chi connectivity index (χ4n) is 3.66. The highest BCUT2D eigenvalue weighted by atomic mass is 16.6. The zero-order valence-corrected chi connectivity index (χ0v) is 17.2. The van der Waals surface area contributed by atoms with Gasteiger partial charge >= 0.3 is 11.9 Å². The van der Waals surface area contributed by atoms with Gasteiger partial charge in [-0.1, -0.05) is 66.7 Å². The average Bonchev–Trinajstić information content (AvgIpc) is 3.02. The summed E-state index contributed by atoms with van der Waals surface area (Å²) in [6.07, 6.45) is 1.64. The molecule has 0 aromatic heterocycles. The number of esters is 2. The van der Waals surface area contributed by atoms with E-state index in [9.17, 15) is 14.4 Å². The molecule has 0 bridgehead atoms. The van der Waals surface area contributed by atoms with Crippen molar-refractivity contribution in [3.8, 4) is 0 Å². The molecule has 0 atom stereocenters. The number of rotatable bonds is 7. The van der Waals surface area contributed by atoms with E-state index in [2.05, 4.69) is 0 Å². The Bertz CT molecular complexity index is 919. The zero-order chi connectivity index (χ0) is 21.6. The van der Waals surface area contributed by atoms with Gasteiger partial charge in [0.1, 0.15) is 0 Å². The normalized spacial score (nSPS) is 16.5. The number of amides is 1. The Kier molecular flexibility index (Phi) is 6.67. The van der Waals surface area contributed by atoms with Crippen LogP contribution in [0.25, 0.3) is 6.08 Å². The Morgan fingerprint density at radius 1 is 0.933 bits per heavy atom. The minimum absolute atomic E-state index is 0.0701. The summed E-state index contributed by atoms with van der Waals surface area (Å²) >= 11 is 0. The van der Waals surface area contributed by atoms with Gasteiger partial charge in [0.05, 0.1) is 19.6 Å². The summed E-state index contributed by atoms with van der Waals surface area (Å²) in [4.78, 5) is 40.9. The van der Waals surface area contributed by atoms with Crippen molar-refractivity contribution in [2.45, 2.75) is 32.4 Å². The maximum Gasteiger partial charge on any atom is 0.348 e. The molecule has 0 saturated carbocycles. The van der Waals surface area contributed by atoms with Gasteiger partial charge in [-0.2, -0.15) is 0 Å². The number of hydrogen-bond acceptors (Lipinski definition) is 5. The molecule has 0 radical (unpaired) electrons. The van der Waals surface area contributed by atoms with E-state index < -0.39 is 17.5 Å². The van der Waals surface area contributed by atoms with E-state index in [1.807, 2.05) is 60.7 Å². The van der Waals surface area contributed by atoms with E-state index in [0.29, 0.717) is 5.57 Å². The first kappa shape index (κ1) is 21.3. The first-order chi connectivity index (χ1) is 14.5. The fraction of sp³-hybridized carbons (Fsp3) is 0.292. The van der Waals surface area contributed by atoms with Crippen molar-refractivity contribution >= 4 is 23.9 Å². The lowest BCUT2D eigenvalue weighted by Gasteiger charge is -2.34. The highest BCUT2D eigenvalue weighted by molar-refractivity contribution is 6.15. The van der Waals surface area contributed by atoms with Crippen LogP contribution in [0, 0.1) is 0 Å². The molecule has 0 N–H and O–H groups in total. The molecule has 2 aromatic rings. The topological polar surface area (TPSA) is 72.9 Å². The Morgan fingerprint density at radius 3 is 2.00 bits per heavy atom. The highest BCUT2D eigenvalue weighted by Crippen LogP contribution is 2.40. The van der Waals surface area contributed by atoms with Crippen molar-refractivity contribution in [3.05, 3.63) is 77.4 Å². The standard InChI is InChI=1S/C24H25NO5/c1-3-29-22(27)24(23(28)30-4-2)20(15-18-11-7-5-8-12-18)16-21(26)25(24)17-19-13-9-6-10-14-19/h5-15H,3-4,16-17H2,1-2H3/b20-15+. The summed E-state index contributed by atoms with van der Waals surface area (Å²) in [5.41, 5.74) is -0.0226. The van der Waals surface area contributed by atoms with Crippen molar-refractivity contribution in [1.29, 1.82) is 0 Å². The summed E-state index contributed by atoms with van der Waals surface area (Å²) in [5.74, 6) is -1.93. The molecule has 6 heteroatoms. The van der Waals surface area contributed by atoms with Crippen LogP contribution in [0.3, 0.4) is 0 Å². The SMILES string of the molecule is CCOC(=O)C1(C(=O)OCC)/C(=C/c2ccccc2)CC(=O)N1Cc1ccccc1. The van der Waals surface area contributed by atoms with Gasteiger partial charge in [0.25, 0.3) is 5.54 Å². The molecule has 1 heterocycles. The van der Waals surface area contributed by atoms with Gasteiger partial charge in [-0.25, -0.2) is 9.59 Å². The molecule has 156 valence electrons. The minimum Gasteiger partial charge on any atom is -0.464 e. The number of carbonyl (C=O) groups is 3. The van der Waals surface area contributed by atoms with Crippen molar-refractivity contribution in [2.24, 2.45) is 0 Å². The largest absolute Gasteiger partial charge is 0.464 e. The van der Waals surface area contributed by atoms with Crippen molar-refractivity contribution in [1.82, 2.24) is 4.90 Å². The maximum atomic E-state index is 13.3. The number of benzene rings is 2. The van der Waals surface area contributed by atoms with E-state index in [-0.39, 0.29) is 32.1 Å². The van der Waals surface area contributed by atoms with Crippen LogP contribution in [-0.2, 0) is 30.4 Å². The summed E-state index contributed by atoms with van der Waals surface area (Å²) in [6, 6.07) is 18.5. The third kappa shape index (κ3) is 3.99. The number of ether oxygens (including phenoxy) is 2. The second-order valence-corrected chi connectivity index (χ2v) is 6.87. The van der Waals surface area contributed by atoms with Gasteiger partial charge in [-0.3, -0.25) is 4.79 Å². The molecule has 0 aliphatic carbocycles. The predicted molar refractivity (Wildman–Crippen MR) is 112 cm³/mol. The molecule has 0 spiro atoms. The number of nitrogens with zero attached hydrogens (tertiary/aromatic N) is 1. The van der Waals surface area contributed by atoms with Gasteiger partial charge in [0, 0.05) is 6.54 Å². The lowest BCUT2D eigenvalue weighted by atomic mass is 9.88. The molecule has 2 aromatic carbocycles. The van der Waals surface area contributed by atoms with Crippen LogP contribution in [0.2, 0.25) is 0 Å². The van der Waals surface area contributed by atoms with E-state index in [1.165, 1.54) is 4.90 Å². The van der Waals surface area contributed by atoms with Gasteiger partial charge in [-0.15, -0.1) is 0 Å². The summed E-state index contributed by atoms with van der Waals surface area (Å²) in [6.45, 7) is 3.56. The Labute approximate surface area is 176 Å². The van der Waals surface area contributed by atoms with Crippen LogP contribution in [0.5, 0.6) is 0 Å². The van der Waals surface area contributed by atoms with Gasteiger partial charge in [-0.05, 0) is 30.5 Å². The summed E-state index contributed by atoms with van der Waals surface area (Å²) < 4.78 is 10.6. The lowest BCUT2D eigenvalue weighted by Crippen LogP contribution is -2.59. The van der Waals surface area contributed by atoms with Crippen molar-refractivity contribution in [2.75, 3.05) is 13.2 Å². The molecule has 30 heavy (non-hydrogen) atoms. The van der Waals surface area contributed by atoms with E-state index >= 15 is 0 Å². The number of carbonyl (C=O) groups excluding carboxylic acids is 3. The minimum atomic E-state index is -1.95. The number of likely N-dealkylation sites (tertiary alicyclic amines) is 1. The summed E-state index contributed by atoms with van der Waals surface area (Å²) in [7, 11) is 0. The Morgan fingerprint density at radius 2 is 1.47 bits per heavy atom. The van der Waals surface area contributed by atoms with Gasteiger partial charge in [0.2, 0.25) is 5.91 Å². The monoisotopic (exact) mass is 407 g/mol. The van der Waals surface area contributed by atoms with Crippen LogP contribution in [0.15, 0.2) is 66.2 Å². The van der Waals surface area contributed by atoms with Crippen LogP contribution >= 0.6 is 0 Å². The number of hydrogen-bond donors (Lipinski definition) is 0. The predicted octanol–water partition coefficient (Wildman–Crippen LogP) is 3.37. The molecule has 1 saturated heterocycles. The highest BCUT2D eigenvalue weighted by Gasteiger charge is 2.62. The van der Waals surface area contributed by atoms with Crippen molar-refractivity contribution in [3.63, 3.8) is 0 Å². The zero-order valence-electron chi connectivity index (χ0n) is 17.2. The lowest BCUT2D eigenvalue weighted by molar-refractivity contribution is -0.173. The fourth-order valence-corrected chi connectivity index (χ4v) is 3.66. The van der Waals surface area contributed by atoms with Crippen molar-refractivity contribution < 1.29 is 23.9 Å². The molecule has 6 nitrogen and oxygen atoms in total. The van der Waals surface area contributed by atoms with E-state index in [0.717, 1.165) is 11.1 Å². The Hall–Kier alpha value is -3.41. The van der Waals surface area contributed by atoms with E-state index in [4.69, 9.17) is 9.47 Å². The van der Waals surface area contributed by atoms with Gasteiger partial charge in [0.15, 0.2) is 0 Å². The molecule has 1 amide bonds. The first-order valence-corrected chi connectivity index (χ1v) is 9.99. The Balaban J connectivity index is 2.18. The molecule has 1 fully saturated rings. The smallest absolute Gasteiger partial charge is 0.348 e. The third-order valence-corrected chi connectivity index (χ3v) is 4.98. The average molecular weight is 407 g/mol. The molecule has 1 aliphatic heterocycles. The molecular weight excluding hydrogens is 382 g/mol. The van der Waals surface area contributed by atoms with Crippen LogP contribution < -0.4 is 0 Å². The second kappa shape index (κ2) is 9.39. The first-order valence-electron chi connectivity index (χ1n) is 9.99. The van der Waals surface area contributed by atoms with Crippen LogP contribution in [0.4, 0.5) is 0 Å². The quantitative estimate of drug-likeness (QED) is 0.520. The van der Waals surface area contributed by atoms with Gasteiger partial charge < -0.3 is 14.4 Å². The second-order valence-electron chi connectivity index (χ2n) is 6.87.